The van der Waals surface area contributed by atoms with Crippen molar-refractivity contribution in [3.8, 4) is 5.75 Å². The van der Waals surface area contributed by atoms with Crippen molar-refractivity contribution in [3.63, 3.8) is 0 Å². The maximum atomic E-state index is 10.9. The van der Waals surface area contributed by atoms with Crippen LogP contribution >= 0.6 is 0 Å². The molecule has 2 aromatic rings. The predicted octanol–water partition coefficient (Wildman–Crippen LogP) is 2.51. The quantitative estimate of drug-likeness (QED) is 0.847. The molecule has 1 aromatic carbocycles. The number of hydrogen-bond donors (Lipinski definition) is 1. The molecule has 1 unspecified atom stereocenters. The summed E-state index contributed by atoms with van der Waals surface area (Å²) in [6, 6.07) is 13.7. The number of nitrogens with zero attached hydrogens (tertiary/aromatic N) is 1. The van der Waals surface area contributed by atoms with Crippen LogP contribution in [0.5, 0.6) is 5.75 Å². The highest BCUT2D eigenvalue weighted by molar-refractivity contribution is 5.72. The molecule has 20 heavy (non-hydrogen) atoms. The largest absolute Gasteiger partial charge is 0.487 e. The van der Waals surface area contributed by atoms with Gasteiger partial charge in [-0.15, -0.1) is 0 Å². The lowest BCUT2D eigenvalue weighted by Crippen LogP contribution is -2.36. The molecule has 1 saturated heterocycles. The second kappa shape index (κ2) is 5.84. The molecule has 4 heteroatoms. The minimum Gasteiger partial charge on any atom is -0.487 e. The van der Waals surface area contributed by atoms with Gasteiger partial charge in [0, 0.05) is 0 Å². The Morgan fingerprint density at radius 3 is 2.70 bits per heavy atom. The Labute approximate surface area is 117 Å². The number of carbonyl (C=O) groups is 1. The fourth-order valence-corrected chi connectivity index (χ4v) is 2.17. The van der Waals surface area contributed by atoms with Crippen molar-refractivity contribution in [2.75, 3.05) is 6.54 Å². The summed E-state index contributed by atoms with van der Waals surface area (Å²) in [5, 5.41) is 3.29. The minimum atomic E-state index is 0.195. The van der Waals surface area contributed by atoms with Gasteiger partial charge in [0.05, 0.1) is 6.04 Å². The van der Waals surface area contributed by atoms with Gasteiger partial charge in [-0.25, -0.2) is 4.98 Å². The molecule has 0 aliphatic carbocycles. The second-order valence-electron chi connectivity index (χ2n) is 4.81. The molecular weight excluding hydrogens is 252 g/mol. The van der Waals surface area contributed by atoms with Gasteiger partial charge in [-0.05, 0) is 30.7 Å². The summed E-state index contributed by atoms with van der Waals surface area (Å²) in [4.78, 5) is 15.2. The number of nitrogens with one attached hydrogen (secondary N) is 1. The van der Waals surface area contributed by atoms with E-state index < -0.39 is 0 Å². The fourth-order valence-electron chi connectivity index (χ4n) is 2.17. The van der Waals surface area contributed by atoms with E-state index in [1.807, 2.05) is 36.4 Å². The summed E-state index contributed by atoms with van der Waals surface area (Å²) in [6.45, 7) is 1.48. The second-order valence-corrected chi connectivity index (χ2v) is 4.81. The zero-order chi connectivity index (χ0) is 13.8. The highest BCUT2D eigenvalue weighted by Crippen LogP contribution is 2.30. The van der Waals surface area contributed by atoms with E-state index in [-0.39, 0.29) is 6.04 Å². The fraction of sp³-hybridized carbons (Fsp3) is 0.250. The summed E-state index contributed by atoms with van der Waals surface area (Å²) in [5.74, 6) is 0.747. The standard InChI is InChI=1S/C16H16N2O2/c19-10-13-6-7-15(16(18-13)14-8-9-17-14)20-11-12-4-2-1-3-5-12/h1-7,10,14,17H,8-9,11H2. The van der Waals surface area contributed by atoms with E-state index in [9.17, 15) is 4.79 Å². The van der Waals surface area contributed by atoms with Crippen molar-refractivity contribution >= 4 is 6.29 Å². The van der Waals surface area contributed by atoms with Crippen LogP contribution in [0.1, 0.15) is 34.2 Å². The monoisotopic (exact) mass is 268 g/mol. The first-order valence-electron chi connectivity index (χ1n) is 6.73. The van der Waals surface area contributed by atoms with Crippen LogP contribution in [0, 0.1) is 0 Å². The van der Waals surface area contributed by atoms with Crippen LogP contribution in [0.25, 0.3) is 0 Å². The normalized spacial score (nSPS) is 17.3. The van der Waals surface area contributed by atoms with Crippen molar-refractivity contribution in [2.45, 2.75) is 19.1 Å². The highest BCUT2D eigenvalue weighted by atomic mass is 16.5. The Hall–Kier alpha value is -2.20. The lowest BCUT2D eigenvalue weighted by Gasteiger charge is -2.28. The molecule has 0 bridgehead atoms. The van der Waals surface area contributed by atoms with E-state index >= 15 is 0 Å². The molecule has 0 radical (unpaired) electrons. The number of carbonyl (C=O) groups excluding carboxylic acids is 1. The Morgan fingerprint density at radius 1 is 1.25 bits per heavy atom. The third-order valence-corrected chi connectivity index (χ3v) is 3.42. The van der Waals surface area contributed by atoms with Crippen LogP contribution in [0.4, 0.5) is 0 Å². The van der Waals surface area contributed by atoms with Gasteiger partial charge in [0.1, 0.15) is 23.7 Å². The highest BCUT2D eigenvalue weighted by Gasteiger charge is 2.24. The first-order valence-corrected chi connectivity index (χ1v) is 6.73. The maximum absolute atomic E-state index is 10.9. The van der Waals surface area contributed by atoms with Crippen molar-refractivity contribution in [2.24, 2.45) is 0 Å². The first-order chi connectivity index (χ1) is 9.86. The van der Waals surface area contributed by atoms with Crippen molar-refractivity contribution in [1.29, 1.82) is 0 Å². The van der Waals surface area contributed by atoms with Gasteiger partial charge in [-0.1, -0.05) is 30.3 Å². The maximum Gasteiger partial charge on any atom is 0.168 e. The van der Waals surface area contributed by atoms with E-state index in [0.717, 1.165) is 36.3 Å². The van der Waals surface area contributed by atoms with Crippen molar-refractivity contribution in [1.82, 2.24) is 10.3 Å². The lowest BCUT2D eigenvalue weighted by atomic mass is 10.0. The van der Waals surface area contributed by atoms with Gasteiger partial charge >= 0.3 is 0 Å². The van der Waals surface area contributed by atoms with Gasteiger partial charge in [0.15, 0.2) is 6.29 Å². The van der Waals surface area contributed by atoms with E-state index in [1.165, 1.54) is 0 Å². The van der Waals surface area contributed by atoms with E-state index in [1.54, 1.807) is 6.07 Å². The Kier molecular flexibility index (Phi) is 3.74. The van der Waals surface area contributed by atoms with Gasteiger partial charge in [0.25, 0.3) is 0 Å². The van der Waals surface area contributed by atoms with Gasteiger partial charge in [0.2, 0.25) is 0 Å². The Bertz CT molecular complexity index is 595. The van der Waals surface area contributed by atoms with E-state index in [4.69, 9.17) is 4.74 Å². The summed E-state index contributed by atoms with van der Waals surface area (Å²) >= 11 is 0. The van der Waals surface area contributed by atoms with Crippen molar-refractivity contribution in [3.05, 3.63) is 59.4 Å². The molecule has 0 saturated carbocycles. The van der Waals surface area contributed by atoms with Gasteiger partial charge in [-0.2, -0.15) is 0 Å². The zero-order valence-corrected chi connectivity index (χ0v) is 11.1. The SMILES string of the molecule is O=Cc1ccc(OCc2ccccc2)c(C2CCN2)n1. The molecule has 1 aliphatic heterocycles. The van der Waals surface area contributed by atoms with Crippen molar-refractivity contribution < 1.29 is 9.53 Å². The number of aldehydes is 1. The average molecular weight is 268 g/mol. The van der Waals surface area contributed by atoms with Crippen LogP contribution in [0.3, 0.4) is 0 Å². The molecule has 1 aliphatic rings. The summed E-state index contributed by atoms with van der Waals surface area (Å²) < 4.78 is 5.86. The van der Waals surface area contributed by atoms with Crippen LogP contribution in [-0.4, -0.2) is 17.8 Å². The van der Waals surface area contributed by atoms with Gasteiger partial charge in [-0.3, -0.25) is 4.79 Å². The molecule has 1 fully saturated rings. The number of aromatic nitrogens is 1. The predicted molar refractivity (Wildman–Crippen MR) is 75.8 cm³/mol. The zero-order valence-electron chi connectivity index (χ0n) is 11.1. The number of pyridine rings is 1. The smallest absolute Gasteiger partial charge is 0.168 e. The number of hydrogen-bond acceptors (Lipinski definition) is 4. The molecule has 2 heterocycles. The van der Waals surface area contributed by atoms with E-state index in [0.29, 0.717) is 12.3 Å². The summed E-state index contributed by atoms with van der Waals surface area (Å²) in [7, 11) is 0. The molecule has 1 N–H and O–H groups in total. The molecule has 4 nitrogen and oxygen atoms in total. The molecule has 0 amide bonds. The Balaban J connectivity index is 1.79. The molecule has 102 valence electrons. The number of rotatable bonds is 5. The van der Waals surface area contributed by atoms with Crippen LogP contribution < -0.4 is 10.1 Å². The van der Waals surface area contributed by atoms with Crippen LogP contribution in [0.2, 0.25) is 0 Å². The van der Waals surface area contributed by atoms with E-state index in [2.05, 4.69) is 10.3 Å². The molecule has 1 atom stereocenters. The molecule has 1 aromatic heterocycles. The lowest BCUT2D eigenvalue weighted by molar-refractivity contribution is 0.111. The third kappa shape index (κ3) is 2.70. The van der Waals surface area contributed by atoms with Crippen LogP contribution in [0.15, 0.2) is 42.5 Å². The molecule has 0 spiro atoms. The topological polar surface area (TPSA) is 51.2 Å². The van der Waals surface area contributed by atoms with Gasteiger partial charge < -0.3 is 10.1 Å². The Morgan fingerprint density at radius 2 is 2.05 bits per heavy atom. The summed E-state index contributed by atoms with van der Waals surface area (Å²) in [5.41, 5.74) is 2.39. The molecular formula is C16H16N2O2. The number of ether oxygens (including phenoxy) is 1. The minimum absolute atomic E-state index is 0.195. The number of benzene rings is 1. The average Bonchev–Trinajstić information content (AvgIpc) is 2.45. The first kappa shape index (κ1) is 12.8. The third-order valence-electron chi connectivity index (χ3n) is 3.42. The van der Waals surface area contributed by atoms with Crippen LogP contribution in [-0.2, 0) is 6.61 Å². The molecule has 3 rings (SSSR count). The summed E-state index contributed by atoms with van der Waals surface area (Å²) in [6.07, 6.45) is 1.79.